The molecule has 1 aromatic rings. The molecule has 106 valence electrons. The van der Waals surface area contributed by atoms with Crippen LogP contribution in [0.15, 0.2) is 29.3 Å². The van der Waals surface area contributed by atoms with Gasteiger partial charge in [-0.2, -0.15) is 0 Å². The van der Waals surface area contributed by atoms with Gasteiger partial charge in [-0.15, -0.1) is 0 Å². The molecule has 19 heavy (non-hydrogen) atoms. The van der Waals surface area contributed by atoms with Crippen molar-refractivity contribution in [3.05, 3.63) is 34.9 Å². The molecule has 0 saturated heterocycles. The van der Waals surface area contributed by atoms with Crippen LogP contribution in [0, 0.1) is 0 Å². The van der Waals surface area contributed by atoms with Gasteiger partial charge < -0.3 is 10.1 Å². The van der Waals surface area contributed by atoms with E-state index in [2.05, 4.69) is 15.7 Å². The lowest BCUT2D eigenvalue weighted by atomic mass is 10.1. The van der Waals surface area contributed by atoms with Crippen molar-refractivity contribution >= 4 is 17.6 Å². The summed E-state index contributed by atoms with van der Waals surface area (Å²) in [5.41, 5.74) is 3.51. The Bertz CT molecular complexity index is 425. The number of guanidine groups is 1. The summed E-state index contributed by atoms with van der Waals surface area (Å²) >= 11 is 6.14. The summed E-state index contributed by atoms with van der Waals surface area (Å²) in [7, 11) is 1.65. The van der Waals surface area contributed by atoms with Gasteiger partial charge in [-0.3, -0.25) is 5.43 Å². The first-order chi connectivity index (χ1) is 9.08. The molecule has 0 saturated carbocycles. The number of ether oxygens (including phenoxy) is 1. The van der Waals surface area contributed by atoms with Crippen molar-refractivity contribution < 1.29 is 4.74 Å². The average Bonchev–Trinajstić information content (AvgIpc) is 2.38. The molecular formula is C13H21ClN4O. The topological polar surface area (TPSA) is 71.7 Å². The number of benzene rings is 1. The van der Waals surface area contributed by atoms with E-state index < -0.39 is 0 Å². The molecule has 5 nitrogen and oxygen atoms in total. The molecule has 2 unspecified atom stereocenters. The smallest absolute Gasteiger partial charge is 0.206 e. The highest BCUT2D eigenvalue weighted by molar-refractivity contribution is 6.31. The van der Waals surface area contributed by atoms with Crippen LogP contribution in [0.25, 0.3) is 0 Å². The highest BCUT2D eigenvalue weighted by Gasteiger charge is 2.10. The zero-order valence-electron chi connectivity index (χ0n) is 11.5. The van der Waals surface area contributed by atoms with E-state index in [1.54, 1.807) is 7.11 Å². The van der Waals surface area contributed by atoms with Gasteiger partial charge in [0.1, 0.15) is 0 Å². The van der Waals surface area contributed by atoms with Gasteiger partial charge in [-0.25, -0.2) is 10.8 Å². The maximum atomic E-state index is 6.14. The fraction of sp³-hybridized carbons (Fsp3) is 0.462. The predicted octanol–water partition coefficient (Wildman–Crippen LogP) is 1.84. The van der Waals surface area contributed by atoms with Crippen LogP contribution < -0.4 is 16.6 Å². The van der Waals surface area contributed by atoms with Crippen molar-refractivity contribution in [2.75, 3.05) is 13.7 Å². The molecule has 1 aromatic carbocycles. The molecule has 0 aromatic heterocycles. The van der Waals surface area contributed by atoms with Crippen molar-refractivity contribution in [2.45, 2.75) is 25.9 Å². The molecule has 0 fully saturated rings. The summed E-state index contributed by atoms with van der Waals surface area (Å²) < 4.78 is 5.05. The van der Waals surface area contributed by atoms with Crippen LogP contribution in [0.4, 0.5) is 0 Å². The third-order valence-electron chi connectivity index (χ3n) is 2.61. The Kier molecular flexibility index (Phi) is 6.62. The fourth-order valence-electron chi connectivity index (χ4n) is 1.72. The van der Waals surface area contributed by atoms with Crippen molar-refractivity contribution in [3.8, 4) is 0 Å². The summed E-state index contributed by atoms with van der Waals surface area (Å²) in [5, 5.41) is 3.83. The molecule has 4 N–H and O–H groups in total. The van der Waals surface area contributed by atoms with Crippen molar-refractivity contribution in [2.24, 2.45) is 10.8 Å². The Morgan fingerprint density at radius 1 is 1.42 bits per heavy atom. The van der Waals surface area contributed by atoms with Crippen LogP contribution in [-0.2, 0) is 4.74 Å². The van der Waals surface area contributed by atoms with Crippen molar-refractivity contribution in [1.82, 2.24) is 10.7 Å². The summed E-state index contributed by atoms with van der Waals surface area (Å²) in [5.74, 6) is 5.98. The first-order valence-electron chi connectivity index (χ1n) is 6.12. The number of hydrogen-bond donors (Lipinski definition) is 3. The second kappa shape index (κ2) is 7.99. The standard InChI is InChI=1S/C13H21ClN4O/c1-9(8-19-3)16-13(18-15)17-10(2)11-6-4-5-7-12(11)14/h4-7,9-10H,8,15H2,1-3H3,(H2,16,17,18). The van der Waals surface area contributed by atoms with Gasteiger partial charge in [-0.05, 0) is 25.5 Å². The van der Waals surface area contributed by atoms with Crippen LogP contribution in [0.3, 0.4) is 0 Å². The maximum Gasteiger partial charge on any atom is 0.206 e. The van der Waals surface area contributed by atoms with E-state index >= 15 is 0 Å². The first-order valence-corrected chi connectivity index (χ1v) is 6.50. The first kappa shape index (κ1) is 15.8. The second-order valence-electron chi connectivity index (χ2n) is 4.32. The normalized spacial score (nSPS) is 14.9. The van der Waals surface area contributed by atoms with Gasteiger partial charge in [0.15, 0.2) is 0 Å². The van der Waals surface area contributed by atoms with E-state index in [0.717, 1.165) is 5.56 Å². The van der Waals surface area contributed by atoms with Crippen LogP contribution >= 0.6 is 11.6 Å². The van der Waals surface area contributed by atoms with E-state index in [-0.39, 0.29) is 12.1 Å². The lowest BCUT2D eigenvalue weighted by Gasteiger charge is -2.17. The van der Waals surface area contributed by atoms with E-state index in [9.17, 15) is 0 Å². The number of halogens is 1. The average molecular weight is 285 g/mol. The Morgan fingerprint density at radius 2 is 2.11 bits per heavy atom. The third kappa shape index (κ3) is 5.06. The van der Waals surface area contributed by atoms with Gasteiger partial charge in [0.2, 0.25) is 5.96 Å². The Balaban J connectivity index is 2.77. The van der Waals surface area contributed by atoms with E-state index in [1.807, 2.05) is 38.1 Å². The van der Waals surface area contributed by atoms with Crippen LogP contribution in [-0.4, -0.2) is 25.7 Å². The largest absolute Gasteiger partial charge is 0.383 e. The number of aliphatic imine (C=N–C) groups is 1. The molecule has 0 heterocycles. The Hall–Kier alpha value is -1.30. The summed E-state index contributed by atoms with van der Waals surface area (Å²) in [6.45, 7) is 4.51. The minimum atomic E-state index is -0.0954. The molecule has 2 atom stereocenters. The summed E-state index contributed by atoms with van der Waals surface area (Å²) in [4.78, 5) is 4.48. The fourth-order valence-corrected chi connectivity index (χ4v) is 2.01. The van der Waals surface area contributed by atoms with Crippen molar-refractivity contribution in [3.63, 3.8) is 0 Å². The lowest BCUT2D eigenvalue weighted by molar-refractivity contribution is 0.179. The molecule has 0 bridgehead atoms. The third-order valence-corrected chi connectivity index (χ3v) is 2.96. The van der Waals surface area contributed by atoms with Crippen LogP contribution in [0.2, 0.25) is 5.02 Å². The highest BCUT2D eigenvalue weighted by atomic mass is 35.5. The number of nitrogens with zero attached hydrogens (tertiary/aromatic N) is 1. The molecule has 0 spiro atoms. The van der Waals surface area contributed by atoms with E-state index in [1.165, 1.54) is 0 Å². The minimum absolute atomic E-state index is 0.0954. The second-order valence-corrected chi connectivity index (χ2v) is 4.73. The molecule has 0 radical (unpaired) electrons. The number of hydrazine groups is 1. The highest BCUT2D eigenvalue weighted by Crippen LogP contribution is 2.24. The van der Waals surface area contributed by atoms with Gasteiger partial charge >= 0.3 is 0 Å². The molecule has 0 aliphatic carbocycles. The van der Waals surface area contributed by atoms with Gasteiger partial charge in [-0.1, -0.05) is 29.8 Å². The monoisotopic (exact) mass is 284 g/mol. The molecule has 0 aliphatic heterocycles. The number of nitrogens with one attached hydrogen (secondary N) is 2. The number of rotatable bonds is 5. The SMILES string of the molecule is COCC(C)NC(=NC(C)c1ccccc1Cl)NN. The molecule has 1 rings (SSSR count). The summed E-state index contributed by atoms with van der Waals surface area (Å²) in [6.07, 6.45) is 0. The van der Waals surface area contributed by atoms with E-state index in [4.69, 9.17) is 22.2 Å². The molecular weight excluding hydrogens is 264 g/mol. The molecule has 0 aliphatic rings. The van der Waals surface area contributed by atoms with Crippen LogP contribution in [0.5, 0.6) is 0 Å². The van der Waals surface area contributed by atoms with Gasteiger partial charge in [0, 0.05) is 18.2 Å². The quantitative estimate of drug-likeness (QED) is 0.334. The Labute approximate surface area is 119 Å². The number of nitrogens with two attached hydrogens (primary N) is 1. The lowest BCUT2D eigenvalue weighted by Crippen LogP contribution is -2.47. The molecule has 0 amide bonds. The Morgan fingerprint density at radius 3 is 2.68 bits per heavy atom. The van der Waals surface area contributed by atoms with Crippen molar-refractivity contribution in [1.29, 1.82) is 0 Å². The zero-order chi connectivity index (χ0) is 14.3. The van der Waals surface area contributed by atoms with Gasteiger partial charge in [0.05, 0.1) is 12.6 Å². The van der Waals surface area contributed by atoms with Gasteiger partial charge in [0.25, 0.3) is 0 Å². The minimum Gasteiger partial charge on any atom is -0.383 e. The van der Waals surface area contributed by atoms with E-state index in [0.29, 0.717) is 17.6 Å². The number of methoxy groups -OCH3 is 1. The molecule has 6 heteroatoms. The maximum absolute atomic E-state index is 6.14. The summed E-state index contributed by atoms with van der Waals surface area (Å²) in [6, 6.07) is 7.63. The zero-order valence-corrected chi connectivity index (χ0v) is 12.2. The van der Waals surface area contributed by atoms with Crippen LogP contribution in [0.1, 0.15) is 25.5 Å². The number of hydrogen-bond acceptors (Lipinski definition) is 3. The predicted molar refractivity (Wildman–Crippen MR) is 79.1 cm³/mol.